The van der Waals surface area contributed by atoms with Crippen LogP contribution in [0.3, 0.4) is 0 Å². The highest BCUT2D eigenvalue weighted by Crippen LogP contribution is 2.24. The second kappa shape index (κ2) is 5.23. The molecule has 4 nitrogen and oxygen atoms in total. The molecule has 0 spiro atoms. The third-order valence-electron chi connectivity index (χ3n) is 1.78. The van der Waals surface area contributed by atoms with Crippen LogP contribution in [0.5, 0.6) is 0 Å². The number of ketones is 1. The molecule has 0 radical (unpaired) electrons. The number of nitrogens with zero attached hydrogens (tertiary/aromatic N) is 1. The fourth-order valence-electron chi connectivity index (χ4n) is 1.12. The van der Waals surface area contributed by atoms with Crippen LogP contribution in [-0.4, -0.2) is 16.6 Å². The first-order valence-corrected chi connectivity index (χ1v) is 5.38. The van der Waals surface area contributed by atoms with Crippen LogP contribution in [0, 0.1) is 10.1 Å². The molecule has 80 valence electrons. The van der Waals surface area contributed by atoms with Gasteiger partial charge < -0.3 is 0 Å². The third kappa shape index (κ3) is 3.28. The molecule has 0 aromatic heterocycles. The Balaban J connectivity index is 3.06. The minimum atomic E-state index is -0.512. The Morgan fingerprint density at radius 2 is 2.20 bits per heavy atom. The number of hydrogen-bond donors (Lipinski definition) is 0. The second-order valence-corrected chi connectivity index (χ2v) is 4.06. The molecule has 0 heterocycles. The van der Waals surface area contributed by atoms with E-state index in [4.69, 9.17) is 11.6 Å². The van der Waals surface area contributed by atoms with E-state index >= 15 is 0 Å². The Bertz CT molecular complexity index is 408. The van der Waals surface area contributed by atoms with Crippen molar-refractivity contribution in [3.8, 4) is 0 Å². The fraction of sp³-hybridized carbons (Fsp3) is 0.222. The van der Waals surface area contributed by atoms with E-state index in [9.17, 15) is 14.9 Å². The summed E-state index contributed by atoms with van der Waals surface area (Å²) in [7, 11) is 0. The SMILES string of the molecule is O=C(CCl)Cc1ccc(Br)cc1[N+](=O)[O-]. The van der Waals surface area contributed by atoms with Gasteiger partial charge in [-0.2, -0.15) is 0 Å². The second-order valence-electron chi connectivity index (χ2n) is 2.88. The molecule has 0 saturated heterocycles. The standard InChI is InChI=1S/C9H7BrClNO3/c10-7-2-1-6(3-8(13)5-11)9(4-7)12(14)15/h1-2,4H,3,5H2. The van der Waals surface area contributed by atoms with E-state index in [1.54, 1.807) is 12.1 Å². The summed E-state index contributed by atoms with van der Waals surface area (Å²) < 4.78 is 0.608. The fourth-order valence-corrected chi connectivity index (χ4v) is 1.56. The monoisotopic (exact) mass is 291 g/mol. The minimum Gasteiger partial charge on any atom is -0.298 e. The summed E-state index contributed by atoms with van der Waals surface area (Å²) in [6, 6.07) is 4.58. The smallest absolute Gasteiger partial charge is 0.274 e. The summed E-state index contributed by atoms with van der Waals surface area (Å²) in [5, 5.41) is 10.7. The first kappa shape index (κ1) is 12.1. The average Bonchev–Trinajstić information content (AvgIpc) is 2.20. The van der Waals surface area contributed by atoms with Crippen LogP contribution in [0.15, 0.2) is 22.7 Å². The summed E-state index contributed by atoms with van der Waals surface area (Å²) in [5.41, 5.74) is 0.316. The number of carbonyl (C=O) groups excluding carboxylic acids is 1. The number of halogens is 2. The van der Waals surface area contributed by atoms with E-state index < -0.39 is 4.92 Å². The molecule has 0 atom stereocenters. The van der Waals surface area contributed by atoms with Crippen molar-refractivity contribution in [2.45, 2.75) is 6.42 Å². The highest BCUT2D eigenvalue weighted by Gasteiger charge is 2.16. The number of benzene rings is 1. The summed E-state index contributed by atoms with van der Waals surface area (Å²) in [6.07, 6.45) is -0.00685. The first-order chi connectivity index (χ1) is 7.04. The van der Waals surface area contributed by atoms with Crippen LogP contribution in [0.1, 0.15) is 5.56 Å². The summed E-state index contributed by atoms with van der Waals surface area (Å²) in [4.78, 5) is 21.2. The quantitative estimate of drug-likeness (QED) is 0.487. The van der Waals surface area contributed by atoms with E-state index in [1.807, 2.05) is 0 Å². The Hall–Kier alpha value is -0.940. The molecule has 0 unspecified atom stereocenters. The number of Topliss-reactive ketones (excluding diaryl/α,β-unsaturated/α-hetero) is 1. The molecule has 0 saturated carbocycles. The molecule has 0 N–H and O–H groups in total. The van der Waals surface area contributed by atoms with Crippen molar-refractivity contribution < 1.29 is 9.72 Å². The van der Waals surface area contributed by atoms with Gasteiger partial charge >= 0.3 is 0 Å². The van der Waals surface area contributed by atoms with Gasteiger partial charge in [-0.15, -0.1) is 11.6 Å². The number of alkyl halides is 1. The van der Waals surface area contributed by atoms with Crippen molar-refractivity contribution in [1.82, 2.24) is 0 Å². The van der Waals surface area contributed by atoms with Crippen molar-refractivity contribution in [1.29, 1.82) is 0 Å². The van der Waals surface area contributed by atoms with Crippen molar-refractivity contribution >= 4 is 39.0 Å². The number of rotatable bonds is 4. The molecule has 0 fully saturated rings. The van der Waals surface area contributed by atoms with Crippen LogP contribution >= 0.6 is 27.5 Å². The predicted octanol–water partition coefficient (Wildman–Crippen LogP) is 2.71. The zero-order valence-corrected chi connectivity index (χ0v) is 9.92. The van der Waals surface area contributed by atoms with Crippen LogP contribution in [-0.2, 0) is 11.2 Å². The maximum absolute atomic E-state index is 11.1. The maximum atomic E-state index is 11.1. The number of nitro benzene ring substituents is 1. The van der Waals surface area contributed by atoms with Gasteiger partial charge in [0.2, 0.25) is 0 Å². The maximum Gasteiger partial charge on any atom is 0.274 e. The van der Waals surface area contributed by atoms with Crippen LogP contribution < -0.4 is 0 Å². The number of carbonyl (C=O) groups is 1. The van der Waals surface area contributed by atoms with Gasteiger partial charge in [0.15, 0.2) is 5.78 Å². The molecule has 6 heteroatoms. The van der Waals surface area contributed by atoms with E-state index in [1.165, 1.54) is 6.07 Å². The van der Waals surface area contributed by atoms with Gasteiger partial charge in [0.25, 0.3) is 5.69 Å². The molecular formula is C9H7BrClNO3. The van der Waals surface area contributed by atoms with Gasteiger partial charge in [0.1, 0.15) is 0 Å². The van der Waals surface area contributed by atoms with Crippen LogP contribution in [0.2, 0.25) is 0 Å². The number of hydrogen-bond acceptors (Lipinski definition) is 3. The zero-order valence-electron chi connectivity index (χ0n) is 7.57. The zero-order chi connectivity index (χ0) is 11.4. The largest absolute Gasteiger partial charge is 0.298 e. The molecule has 0 bridgehead atoms. The molecule has 0 amide bonds. The van der Waals surface area contributed by atoms with Gasteiger partial charge in [-0.25, -0.2) is 0 Å². The molecule has 1 aromatic rings. The first-order valence-electron chi connectivity index (χ1n) is 4.05. The van der Waals surface area contributed by atoms with E-state index in [-0.39, 0.29) is 23.8 Å². The highest BCUT2D eigenvalue weighted by molar-refractivity contribution is 9.10. The summed E-state index contributed by atoms with van der Waals surface area (Å²) in [5.74, 6) is -0.366. The predicted molar refractivity (Wildman–Crippen MR) is 60.2 cm³/mol. The molecule has 1 rings (SSSR count). The molecule has 0 aliphatic rings. The van der Waals surface area contributed by atoms with Gasteiger partial charge in [0, 0.05) is 22.5 Å². The van der Waals surface area contributed by atoms with E-state index in [0.29, 0.717) is 10.0 Å². The Morgan fingerprint density at radius 1 is 1.53 bits per heavy atom. The van der Waals surface area contributed by atoms with Crippen molar-refractivity contribution in [3.63, 3.8) is 0 Å². The summed E-state index contributed by atoms with van der Waals surface area (Å²) >= 11 is 8.47. The van der Waals surface area contributed by atoms with Crippen molar-refractivity contribution in [2.75, 3.05) is 5.88 Å². The topological polar surface area (TPSA) is 60.2 Å². The normalized spacial score (nSPS) is 10.0. The van der Waals surface area contributed by atoms with Gasteiger partial charge in [-0.1, -0.05) is 22.0 Å². The molecule has 1 aromatic carbocycles. The van der Waals surface area contributed by atoms with Crippen molar-refractivity contribution in [3.05, 3.63) is 38.3 Å². The Morgan fingerprint density at radius 3 is 2.73 bits per heavy atom. The lowest BCUT2D eigenvalue weighted by Gasteiger charge is -2.01. The van der Waals surface area contributed by atoms with Gasteiger partial charge in [-0.3, -0.25) is 14.9 Å². The third-order valence-corrected chi connectivity index (χ3v) is 2.57. The molecule has 15 heavy (non-hydrogen) atoms. The van der Waals surface area contributed by atoms with Crippen molar-refractivity contribution in [2.24, 2.45) is 0 Å². The van der Waals surface area contributed by atoms with Gasteiger partial charge in [0.05, 0.1) is 10.8 Å². The summed E-state index contributed by atoms with van der Waals surface area (Å²) in [6.45, 7) is 0. The minimum absolute atomic E-state index is 0.00685. The molecule has 0 aliphatic heterocycles. The van der Waals surface area contributed by atoms with Crippen LogP contribution in [0.4, 0.5) is 5.69 Å². The molecular weight excluding hydrogens is 285 g/mol. The van der Waals surface area contributed by atoms with E-state index in [0.717, 1.165) is 0 Å². The lowest BCUT2D eigenvalue weighted by atomic mass is 10.1. The van der Waals surface area contributed by atoms with E-state index in [2.05, 4.69) is 15.9 Å². The lowest BCUT2D eigenvalue weighted by Crippen LogP contribution is -2.06. The Kier molecular flexibility index (Phi) is 4.23. The highest BCUT2D eigenvalue weighted by atomic mass is 79.9. The number of nitro groups is 1. The average molecular weight is 293 g/mol. The van der Waals surface area contributed by atoms with Crippen LogP contribution in [0.25, 0.3) is 0 Å². The lowest BCUT2D eigenvalue weighted by molar-refractivity contribution is -0.385. The Labute approximate surface area is 99.5 Å². The van der Waals surface area contributed by atoms with Gasteiger partial charge in [-0.05, 0) is 6.07 Å². The molecule has 0 aliphatic carbocycles.